The van der Waals surface area contributed by atoms with Crippen molar-refractivity contribution in [2.75, 3.05) is 23.7 Å². The Hall–Kier alpha value is -3.17. The number of amides is 2. The zero-order valence-electron chi connectivity index (χ0n) is 21.9. The van der Waals surface area contributed by atoms with Crippen LogP contribution in [0.4, 0.5) is 5.69 Å². The number of carbonyl (C=O) groups is 2. The van der Waals surface area contributed by atoms with E-state index in [1.807, 2.05) is 68.4 Å². The number of halogens is 1. The Morgan fingerprint density at radius 2 is 1.63 bits per heavy atom. The van der Waals surface area contributed by atoms with Crippen molar-refractivity contribution in [3.63, 3.8) is 0 Å². The van der Waals surface area contributed by atoms with E-state index in [4.69, 9.17) is 0 Å². The van der Waals surface area contributed by atoms with Crippen LogP contribution in [0.2, 0.25) is 0 Å². The first-order chi connectivity index (χ1) is 18.1. The van der Waals surface area contributed by atoms with Gasteiger partial charge in [-0.3, -0.25) is 13.9 Å². The molecule has 2 amide bonds. The van der Waals surface area contributed by atoms with Gasteiger partial charge in [0.25, 0.3) is 0 Å². The maximum atomic E-state index is 14.0. The lowest BCUT2D eigenvalue weighted by atomic mass is 10.0. The van der Waals surface area contributed by atoms with E-state index in [1.54, 1.807) is 24.3 Å². The summed E-state index contributed by atoms with van der Waals surface area (Å²) in [5.74, 6) is -0.741. The quantitative estimate of drug-likeness (QED) is 0.327. The molecule has 3 aromatic carbocycles. The van der Waals surface area contributed by atoms with Gasteiger partial charge in [0.15, 0.2) is 0 Å². The minimum absolute atomic E-state index is 0.160. The van der Waals surface area contributed by atoms with Gasteiger partial charge in [0.2, 0.25) is 21.8 Å². The fourth-order valence-electron chi connectivity index (χ4n) is 4.17. The minimum Gasteiger partial charge on any atom is -0.354 e. The van der Waals surface area contributed by atoms with Crippen LogP contribution in [-0.4, -0.2) is 50.5 Å². The SMILES string of the molecule is CCCNC(=O)[C@H](Cc1ccccc1)N(Cc1cccc(C)c1)C(=O)CN(c1cccc(Br)c1)S(C)(=O)=O. The fraction of sp³-hybridized carbons (Fsp3) is 0.310. The molecule has 0 aliphatic heterocycles. The molecule has 0 saturated carbocycles. The summed E-state index contributed by atoms with van der Waals surface area (Å²) >= 11 is 3.38. The Bertz CT molecular complexity index is 1350. The summed E-state index contributed by atoms with van der Waals surface area (Å²) in [5, 5.41) is 2.94. The summed E-state index contributed by atoms with van der Waals surface area (Å²) in [7, 11) is -3.80. The number of sulfonamides is 1. The van der Waals surface area contributed by atoms with Gasteiger partial charge in [-0.05, 0) is 42.7 Å². The van der Waals surface area contributed by atoms with Crippen molar-refractivity contribution in [1.29, 1.82) is 0 Å². The van der Waals surface area contributed by atoms with E-state index in [2.05, 4.69) is 21.2 Å². The van der Waals surface area contributed by atoms with Crippen LogP contribution in [0.15, 0.2) is 83.3 Å². The topological polar surface area (TPSA) is 86.8 Å². The average Bonchev–Trinajstić information content (AvgIpc) is 2.87. The van der Waals surface area contributed by atoms with Crippen LogP contribution in [0.3, 0.4) is 0 Å². The molecule has 0 bridgehead atoms. The second-order valence-corrected chi connectivity index (χ2v) is 12.1. The molecule has 0 heterocycles. The predicted octanol–water partition coefficient (Wildman–Crippen LogP) is 4.69. The van der Waals surface area contributed by atoms with Gasteiger partial charge in [0, 0.05) is 24.0 Å². The second-order valence-electron chi connectivity index (χ2n) is 9.26. The van der Waals surface area contributed by atoms with E-state index >= 15 is 0 Å². The molecular formula is C29H34BrN3O4S. The lowest BCUT2D eigenvalue weighted by Crippen LogP contribution is -2.53. The molecule has 1 atom stereocenters. The van der Waals surface area contributed by atoms with Crippen molar-refractivity contribution in [1.82, 2.24) is 10.2 Å². The van der Waals surface area contributed by atoms with E-state index < -0.39 is 28.5 Å². The number of benzene rings is 3. The number of nitrogens with one attached hydrogen (secondary N) is 1. The van der Waals surface area contributed by atoms with Crippen molar-refractivity contribution in [2.24, 2.45) is 0 Å². The highest BCUT2D eigenvalue weighted by atomic mass is 79.9. The van der Waals surface area contributed by atoms with Crippen LogP contribution in [-0.2, 0) is 32.6 Å². The number of nitrogens with zero attached hydrogens (tertiary/aromatic N) is 2. The lowest BCUT2D eigenvalue weighted by molar-refractivity contribution is -0.140. The second kappa shape index (κ2) is 13.6. The first-order valence-corrected chi connectivity index (χ1v) is 15.1. The monoisotopic (exact) mass is 599 g/mol. The third-order valence-electron chi connectivity index (χ3n) is 6.03. The summed E-state index contributed by atoms with van der Waals surface area (Å²) in [6.45, 7) is 4.12. The summed E-state index contributed by atoms with van der Waals surface area (Å²) in [4.78, 5) is 29.0. The van der Waals surface area contributed by atoms with E-state index in [9.17, 15) is 18.0 Å². The molecule has 0 spiro atoms. The smallest absolute Gasteiger partial charge is 0.244 e. The van der Waals surface area contributed by atoms with Gasteiger partial charge < -0.3 is 10.2 Å². The zero-order chi connectivity index (χ0) is 27.7. The summed E-state index contributed by atoms with van der Waals surface area (Å²) < 4.78 is 27.4. The van der Waals surface area contributed by atoms with Crippen LogP contribution in [0.25, 0.3) is 0 Å². The molecule has 0 saturated heterocycles. The van der Waals surface area contributed by atoms with E-state index in [-0.39, 0.29) is 12.5 Å². The molecule has 202 valence electrons. The average molecular weight is 601 g/mol. The van der Waals surface area contributed by atoms with Gasteiger partial charge >= 0.3 is 0 Å². The van der Waals surface area contributed by atoms with Crippen LogP contribution in [0, 0.1) is 6.92 Å². The molecule has 3 rings (SSSR count). The molecule has 0 aliphatic carbocycles. The van der Waals surface area contributed by atoms with Gasteiger partial charge in [-0.1, -0.05) is 89.1 Å². The number of rotatable bonds is 12. The van der Waals surface area contributed by atoms with Crippen molar-refractivity contribution in [3.8, 4) is 0 Å². The standard InChI is InChI=1S/C29H34BrN3O4S/c1-4-16-31-29(35)27(18-23-11-6-5-7-12-23)32(20-24-13-8-10-22(2)17-24)28(34)21-33(38(3,36)37)26-15-9-14-25(30)19-26/h5-15,17,19,27H,4,16,18,20-21H2,1-3H3,(H,31,35)/t27-/m0/s1. The first kappa shape index (κ1) is 29.4. The summed E-state index contributed by atoms with van der Waals surface area (Å²) in [6, 6.07) is 23.2. The predicted molar refractivity (Wildman–Crippen MR) is 155 cm³/mol. The summed E-state index contributed by atoms with van der Waals surface area (Å²) in [6.07, 6.45) is 2.12. The minimum atomic E-state index is -3.80. The third kappa shape index (κ3) is 8.43. The van der Waals surface area contributed by atoms with E-state index in [0.717, 1.165) is 33.7 Å². The first-order valence-electron chi connectivity index (χ1n) is 12.5. The van der Waals surface area contributed by atoms with Crippen molar-refractivity contribution in [2.45, 2.75) is 39.3 Å². The van der Waals surface area contributed by atoms with Crippen molar-refractivity contribution >= 4 is 43.5 Å². The molecule has 0 radical (unpaired) electrons. The maximum absolute atomic E-state index is 14.0. The molecule has 1 N–H and O–H groups in total. The molecular weight excluding hydrogens is 566 g/mol. The Balaban J connectivity index is 2.04. The molecule has 0 aromatic heterocycles. The van der Waals surface area contributed by atoms with Crippen molar-refractivity contribution < 1.29 is 18.0 Å². The lowest BCUT2D eigenvalue weighted by Gasteiger charge is -2.33. The van der Waals surface area contributed by atoms with Gasteiger partial charge in [0.05, 0.1) is 11.9 Å². The third-order valence-corrected chi connectivity index (χ3v) is 7.66. The van der Waals surface area contributed by atoms with E-state index in [1.165, 1.54) is 4.90 Å². The van der Waals surface area contributed by atoms with Gasteiger partial charge in [-0.25, -0.2) is 8.42 Å². The highest BCUT2D eigenvalue weighted by Gasteiger charge is 2.33. The van der Waals surface area contributed by atoms with Gasteiger partial charge in [-0.2, -0.15) is 0 Å². The molecule has 3 aromatic rings. The molecule has 0 aliphatic rings. The fourth-order valence-corrected chi connectivity index (χ4v) is 5.40. The molecule has 0 unspecified atom stereocenters. The van der Waals surface area contributed by atoms with Gasteiger partial charge in [0.1, 0.15) is 12.6 Å². The number of anilines is 1. The van der Waals surface area contributed by atoms with Gasteiger partial charge in [-0.15, -0.1) is 0 Å². The highest BCUT2D eigenvalue weighted by Crippen LogP contribution is 2.23. The van der Waals surface area contributed by atoms with E-state index in [0.29, 0.717) is 23.1 Å². The Morgan fingerprint density at radius 1 is 0.947 bits per heavy atom. The maximum Gasteiger partial charge on any atom is 0.244 e. The Kier molecular flexibility index (Phi) is 10.5. The molecule has 7 nitrogen and oxygen atoms in total. The summed E-state index contributed by atoms with van der Waals surface area (Å²) in [5.41, 5.74) is 3.14. The normalized spacial score (nSPS) is 12.0. The number of carbonyl (C=O) groups excluding carboxylic acids is 2. The number of aryl methyl sites for hydroxylation is 1. The van der Waals surface area contributed by atoms with Crippen LogP contribution >= 0.6 is 15.9 Å². The number of hydrogen-bond acceptors (Lipinski definition) is 4. The Morgan fingerprint density at radius 3 is 2.26 bits per heavy atom. The molecule has 9 heteroatoms. The largest absolute Gasteiger partial charge is 0.354 e. The van der Waals surface area contributed by atoms with Crippen LogP contribution in [0.1, 0.15) is 30.0 Å². The highest BCUT2D eigenvalue weighted by molar-refractivity contribution is 9.10. The Labute approximate surface area is 234 Å². The van der Waals surface area contributed by atoms with Crippen molar-refractivity contribution in [3.05, 3.63) is 100 Å². The van der Waals surface area contributed by atoms with Crippen LogP contribution in [0.5, 0.6) is 0 Å². The number of hydrogen-bond donors (Lipinski definition) is 1. The molecule has 0 fully saturated rings. The zero-order valence-corrected chi connectivity index (χ0v) is 24.3. The molecule has 38 heavy (non-hydrogen) atoms. The van der Waals surface area contributed by atoms with Crippen LogP contribution < -0.4 is 9.62 Å².